The van der Waals surface area contributed by atoms with Gasteiger partial charge in [-0.25, -0.2) is 4.98 Å². The van der Waals surface area contributed by atoms with E-state index in [1.54, 1.807) is 6.20 Å². The molecule has 1 amide bonds. The molecule has 0 bridgehead atoms. The molecule has 3 rings (SSSR count). The van der Waals surface area contributed by atoms with Gasteiger partial charge in [0.05, 0.1) is 4.47 Å². The Morgan fingerprint density at radius 3 is 2.95 bits per heavy atom. The molecular weight excluding hydrogens is 368 g/mol. The van der Waals surface area contributed by atoms with E-state index >= 15 is 0 Å². The van der Waals surface area contributed by atoms with Crippen molar-refractivity contribution in [1.29, 1.82) is 0 Å². The van der Waals surface area contributed by atoms with Crippen molar-refractivity contribution in [3.8, 4) is 0 Å². The van der Waals surface area contributed by atoms with E-state index in [2.05, 4.69) is 50.4 Å². The molecule has 7 heteroatoms. The maximum absolute atomic E-state index is 12.0. The van der Waals surface area contributed by atoms with E-state index in [9.17, 15) is 4.79 Å². The highest BCUT2D eigenvalue weighted by Crippen LogP contribution is 2.33. The summed E-state index contributed by atoms with van der Waals surface area (Å²) in [5.41, 5.74) is 2.44. The number of aromatic nitrogens is 2. The Morgan fingerprint density at radius 2 is 2.18 bits per heavy atom. The van der Waals surface area contributed by atoms with Crippen LogP contribution in [-0.4, -0.2) is 22.4 Å². The van der Waals surface area contributed by atoms with Crippen LogP contribution in [0, 0.1) is 0 Å². The van der Waals surface area contributed by atoms with Crippen molar-refractivity contribution < 1.29 is 4.79 Å². The van der Waals surface area contributed by atoms with Gasteiger partial charge in [0.2, 0.25) is 5.28 Å². The fraction of sp³-hybridized carbons (Fsp3) is 0.267. The summed E-state index contributed by atoms with van der Waals surface area (Å²) >= 11 is 9.21. The number of carbonyl (C=O) groups is 1. The lowest BCUT2D eigenvalue weighted by atomic mass is 9.79. The number of carbonyl (C=O) groups excluding carboxylic acids is 1. The van der Waals surface area contributed by atoms with Gasteiger partial charge in [0.15, 0.2) is 0 Å². The van der Waals surface area contributed by atoms with E-state index in [1.807, 2.05) is 18.2 Å². The first-order valence-electron chi connectivity index (χ1n) is 6.74. The summed E-state index contributed by atoms with van der Waals surface area (Å²) in [5, 5.41) is 6.28. The largest absolute Gasteiger partial charge is 0.351 e. The Morgan fingerprint density at radius 1 is 1.41 bits per heavy atom. The Bertz CT molecular complexity index is 763. The van der Waals surface area contributed by atoms with E-state index in [0.717, 1.165) is 11.3 Å². The lowest BCUT2D eigenvalue weighted by Gasteiger charge is -2.32. The van der Waals surface area contributed by atoms with Crippen LogP contribution in [0.25, 0.3) is 0 Å². The number of nitrogens with zero attached hydrogens (tertiary/aromatic N) is 2. The number of halogens is 2. The minimum atomic E-state index is -0.124. The van der Waals surface area contributed by atoms with Crippen molar-refractivity contribution in [3.05, 3.63) is 45.3 Å². The van der Waals surface area contributed by atoms with Gasteiger partial charge in [0, 0.05) is 29.4 Å². The maximum atomic E-state index is 12.0. The highest BCUT2D eigenvalue weighted by Gasteiger charge is 2.31. The molecule has 2 aromatic rings. The fourth-order valence-electron chi connectivity index (χ4n) is 2.44. The van der Waals surface area contributed by atoms with Gasteiger partial charge in [-0.1, -0.05) is 13.8 Å². The standard InChI is InChI=1S/C15H14BrClN4O/c1-15(2)7-19-13(22)9-4-3-8(5-10(9)15)20-12-11(16)6-18-14(17)21-12/h3-6H,7H2,1-2H3,(H,19,22)(H,18,20,21). The minimum absolute atomic E-state index is 0.0351. The van der Waals surface area contributed by atoms with Crippen molar-refractivity contribution in [2.45, 2.75) is 19.3 Å². The van der Waals surface area contributed by atoms with Crippen LogP contribution in [0.5, 0.6) is 0 Å². The molecule has 0 aliphatic carbocycles. The second-order valence-electron chi connectivity index (χ2n) is 5.79. The predicted octanol–water partition coefficient (Wildman–Crippen LogP) is 3.66. The Hall–Kier alpha value is -1.66. The quantitative estimate of drug-likeness (QED) is 0.779. The number of hydrogen-bond donors (Lipinski definition) is 2. The molecule has 1 aromatic heterocycles. The molecule has 0 saturated heterocycles. The minimum Gasteiger partial charge on any atom is -0.351 e. The second kappa shape index (κ2) is 5.52. The van der Waals surface area contributed by atoms with E-state index < -0.39 is 0 Å². The summed E-state index contributed by atoms with van der Waals surface area (Å²) in [6, 6.07) is 5.66. The highest BCUT2D eigenvalue weighted by molar-refractivity contribution is 9.10. The van der Waals surface area contributed by atoms with Crippen molar-refractivity contribution in [1.82, 2.24) is 15.3 Å². The molecule has 2 heterocycles. The molecule has 1 aliphatic heterocycles. The number of hydrogen-bond acceptors (Lipinski definition) is 4. The van der Waals surface area contributed by atoms with Crippen LogP contribution >= 0.6 is 27.5 Å². The van der Waals surface area contributed by atoms with Gasteiger partial charge in [-0.2, -0.15) is 4.98 Å². The predicted molar refractivity (Wildman–Crippen MR) is 89.8 cm³/mol. The number of amides is 1. The molecule has 114 valence electrons. The molecule has 1 aliphatic rings. The molecule has 0 unspecified atom stereocenters. The van der Waals surface area contributed by atoms with E-state index in [0.29, 0.717) is 22.4 Å². The zero-order valence-electron chi connectivity index (χ0n) is 12.1. The number of anilines is 2. The topological polar surface area (TPSA) is 66.9 Å². The summed E-state index contributed by atoms with van der Waals surface area (Å²) in [6.07, 6.45) is 1.59. The lowest BCUT2D eigenvalue weighted by molar-refractivity contribution is 0.0930. The zero-order valence-corrected chi connectivity index (χ0v) is 14.4. The molecular formula is C15H14BrClN4O. The van der Waals surface area contributed by atoms with Gasteiger partial charge in [-0.05, 0) is 51.3 Å². The van der Waals surface area contributed by atoms with Gasteiger partial charge < -0.3 is 10.6 Å². The molecule has 0 saturated carbocycles. The maximum Gasteiger partial charge on any atom is 0.251 e. The third-order valence-electron chi connectivity index (χ3n) is 3.66. The first-order valence-corrected chi connectivity index (χ1v) is 7.92. The highest BCUT2D eigenvalue weighted by atomic mass is 79.9. The summed E-state index contributed by atoms with van der Waals surface area (Å²) in [4.78, 5) is 20.0. The van der Waals surface area contributed by atoms with Gasteiger partial charge in [0.25, 0.3) is 5.91 Å². The third-order valence-corrected chi connectivity index (χ3v) is 4.42. The Kier molecular flexibility index (Phi) is 3.82. The van der Waals surface area contributed by atoms with Crippen LogP contribution in [0.1, 0.15) is 29.8 Å². The lowest BCUT2D eigenvalue weighted by Crippen LogP contribution is -2.43. The van der Waals surface area contributed by atoms with Gasteiger partial charge in [0.1, 0.15) is 5.82 Å². The Balaban J connectivity index is 2.00. The van der Waals surface area contributed by atoms with Crippen LogP contribution < -0.4 is 10.6 Å². The average Bonchev–Trinajstić information content (AvgIpc) is 2.47. The summed E-state index contributed by atoms with van der Waals surface area (Å²) < 4.78 is 0.714. The summed E-state index contributed by atoms with van der Waals surface area (Å²) in [5.74, 6) is 0.546. The van der Waals surface area contributed by atoms with Crippen molar-refractivity contribution in [3.63, 3.8) is 0 Å². The molecule has 2 N–H and O–H groups in total. The number of rotatable bonds is 2. The Labute approximate surface area is 141 Å². The van der Waals surface area contributed by atoms with Gasteiger partial charge in [-0.3, -0.25) is 4.79 Å². The van der Waals surface area contributed by atoms with Crippen molar-refractivity contribution in [2.75, 3.05) is 11.9 Å². The monoisotopic (exact) mass is 380 g/mol. The average molecular weight is 382 g/mol. The van der Waals surface area contributed by atoms with Gasteiger partial charge in [-0.15, -0.1) is 0 Å². The van der Waals surface area contributed by atoms with Crippen molar-refractivity contribution >= 4 is 44.9 Å². The van der Waals surface area contributed by atoms with E-state index in [1.165, 1.54) is 0 Å². The van der Waals surface area contributed by atoms with E-state index in [4.69, 9.17) is 11.6 Å². The fourth-order valence-corrected chi connectivity index (χ4v) is 2.87. The first-order chi connectivity index (χ1) is 10.4. The molecule has 22 heavy (non-hydrogen) atoms. The number of nitrogens with one attached hydrogen (secondary N) is 2. The van der Waals surface area contributed by atoms with E-state index in [-0.39, 0.29) is 16.6 Å². The van der Waals surface area contributed by atoms with Crippen LogP contribution in [0.3, 0.4) is 0 Å². The SMILES string of the molecule is CC1(C)CNC(=O)c2ccc(Nc3nc(Cl)ncc3Br)cc21. The molecule has 5 nitrogen and oxygen atoms in total. The molecule has 0 fully saturated rings. The smallest absolute Gasteiger partial charge is 0.251 e. The van der Waals surface area contributed by atoms with Crippen molar-refractivity contribution in [2.24, 2.45) is 0 Å². The number of fused-ring (bicyclic) bond motifs is 1. The van der Waals surface area contributed by atoms with Crippen LogP contribution in [0.15, 0.2) is 28.9 Å². The van der Waals surface area contributed by atoms with Crippen LogP contribution in [0.2, 0.25) is 5.28 Å². The molecule has 0 radical (unpaired) electrons. The second-order valence-corrected chi connectivity index (χ2v) is 6.98. The zero-order chi connectivity index (χ0) is 15.9. The van der Waals surface area contributed by atoms with Gasteiger partial charge >= 0.3 is 0 Å². The summed E-state index contributed by atoms with van der Waals surface area (Å²) in [6.45, 7) is 4.82. The molecule has 0 spiro atoms. The molecule has 0 atom stereocenters. The normalized spacial score (nSPS) is 15.9. The first kappa shape index (κ1) is 15.2. The van der Waals surface area contributed by atoms with Crippen LogP contribution in [0.4, 0.5) is 11.5 Å². The molecule has 1 aromatic carbocycles. The summed E-state index contributed by atoms with van der Waals surface area (Å²) in [7, 11) is 0. The third kappa shape index (κ3) is 2.80. The van der Waals surface area contributed by atoms with Crippen LogP contribution in [-0.2, 0) is 5.41 Å². The number of benzene rings is 1.